The van der Waals surface area contributed by atoms with Crippen molar-refractivity contribution in [3.05, 3.63) is 64.2 Å². The average Bonchev–Trinajstić information content (AvgIpc) is 2.68. The molecule has 1 saturated heterocycles. The van der Waals surface area contributed by atoms with Crippen LogP contribution in [0.2, 0.25) is 0 Å². The van der Waals surface area contributed by atoms with Crippen LogP contribution in [0.3, 0.4) is 0 Å². The van der Waals surface area contributed by atoms with Gasteiger partial charge in [-0.05, 0) is 18.6 Å². The Balaban J connectivity index is 1.77. The van der Waals surface area contributed by atoms with E-state index < -0.39 is 52.4 Å². The van der Waals surface area contributed by atoms with Crippen LogP contribution in [0.5, 0.6) is 5.75 Å². The van der Waals surface area contributed by atoms with Crippen LogP contribution in [-0.4, -0.2) is 19.2 Å². The number of ether oxygens (including phenoxy) is 3. The van der Waals surface area contributed by atoms with Gasteiger partial charge in [0.25, 0.3) is 0 Å². The number of nitriles is 1. The zero-order chi connectivity index (χ0) is 21.8. The molecule has 0 bridgehead atoms. The van der Waals surface area contributed by atoms with Crippen molar-refractivity contribution in [3.8, 4) is 11.8 Å². The van der Waals surface area contributed by atoms with Crippen molar-refractivity contribution in [2.75, 3.05) is 13.2 Å². The number of halogens is 4. The monoisotopic (exact) mass is 423 g/mol. The highest BCUT2D eigenvalue weighted by molar-refractivity contribution is 5.91. The topological polar surface area (TPSA) is 68.5 Å². The van der Waals surface area contributed by atoms with Gasteiger partial charge in [-0.2, -0.15) is 5.26 Å². The van der Waals surface area contributed by atoms with Crippen LogP contribution in [0.25, 0.3) is 0 Å². The normalized spacial score (nSPS) is 18.7. The SMILES string of the molecule is CCCC1COC(c2cc(F)c(C(=O)Oc3cc(F)c(C#N)c(F)c3)c(F)c2)OC1. The van der Waals surface area contributed by atoms with E-state index in [2.05, 4.69) is 4.74 Å². The van der Waals surface area contributed by atoms with Gasteiger partial charge in [-0.15, -0.1) is 0 Å². The van der Waals surface area contributed by atoms with Crippen LogP contribution in [0.15, 0.2) is 24.3 Å². The number of rotatable bonds is 5. The maximum atomic E-state index is 14.5. The van der Waals surface area contributed by atoms with Crippen LogP contribution < -0.4 is 4.74 Å². The molecule has 0 unspecified atom stereocenters. The molecule has 0 aromatic heterocycles. The number of esters is 1. The van der Waals surface area contributed by atoms with E-state index in [-0.39, 0.29) is 11.5 Å². The highest BCUT2D eigenvalue weighted by Crippen LogP contribution is 2.30. The third kappa shape index (κ3) is 4.61. The molecule has 2 aromatic rings. The van der Waals surface area contributed by atoms with Gasteiger partial charge in [0, 0.05) is 23.6 Å². The number of hydrogen-bond acceptors (Lipinski definition) is 5. The molecule has 0 saturated carbocycles. The number of carbonyl (C=O) groups is 1. The Hall–Kier alpha value is -2.96. The van der Waals surface area contributed by atoms with Gasteiger partial charge in [0.15, 0.2) is 6.29 Å². The summed E-state index contributed by atoms with van der Waals surface area (Å²) in [4.78, 5) is 12.2. The van der Waals surface area contributed by atoms with Crippen molar-refractivity contribution < 1.29 is 36.6 Å². The third-order valence-corrected chi connectivity index (χ3v) is 4.54. The minimum absolute atomic E-state index is 0.0481. The molecule has 158 valence electrons. The van der Waals surface area contributed by atoms with E-state index in [1.807, 2.05) is 6.92 Å². The van der Waals surface area contributed by atoms with Crippen LogP contribution in [-0.2, 0) is 9.47 Å². The standard InChI is InChI=1S/C21H17F4NO4/c1-2-3-11-9-28-21(29-10-11)12-4-17(24)19(18(25)5-12)20(27)30-13-6-15(22)14(8-26)16(23)7-13/h4-7,11,21H,2-3,9-10H2,1H3. The second kappa shape index (κ2) is 9.24. The first kappa shape index (κ1) is 21.7. The first-order valence-corrected chi connectivity index (χ1v) is 9.17. The lowest BCUT2D eigenvalue weighted by atomic mass is 10.0. The van der Waals surface area contributed by atoms with Crippen LogP contribution in [0.4, 0.5) is 17.6 Å². The Bertz CT molecular complexity index is 951. The summed E-state index contributed by atoms with van der Waals surface area (Å²) in [7, 11) is 0. The van der Waals surface area contributed by atoms with Crippen molar-refractivity contribution in [1.29, 1.82) is 5.26 Å². The molecule has 0 amide bonds. The number of benzene rings is 2. The molecule has 1 fully saturated rings. The first-order valence-electron chi connectivity index (χ1n) is 9.17. The lowest BCUT2D eigenvalue weighted by molar-refractivity contribution is -0.206. The number of nitrogens with zero attached hydrogens (tertiary/aromatic N) is 1. The fourth-order valence-corrected chi connectivity index (χ4v) is 3.11. The molecule has 0 spiro atoms. The Kier molecular flexibility index (Phi) is 6.70. The van der Waals surface area contributed by atoms with E-state index >= 15 is 0 Å². The van der Waals surface area contributed by atoms with Crippen molar-refractivity contribution in [3.63, 3.8) is 0 Å². The first-order chi connectivity index (χ1) is 14.3. The van der Waals surface area contributed by atoms with E-state index in [9.17, 15) is 22.4 Å². The summed E-state index contributed by atoms with van der Waals surface area (Å²) in [6.07, 6.45) is 0.875. The molecule has 0 atom stereocenters. The molecule has 0 radical (unpaired) electrons. The molecule has 1 aliphatic heterocycles. The van der Waals surface area contributed by atoms with Crippen LogP contribution in [0.1, 0.15) is 47.5 Å². The molecule has 30 heavy (non-hydrogen) atoms. The van der Waals surface area contributed by atoms with Gasteiger partial charge >= 0.3 is 5.97 Å². The lowest BCUT2D eigenvalue weighted by Crippen LogP contribution is -2.27. The van der Waals surface area contributed by atoms with E-state index in [4.69, 9.17) is 14.7 Å². The second-order valence-corrected chi connectivity index (χ2v) is 6.78. The van der Waals surface area contributed by atoms with E-state index in [1.165, 1.54) is 6.07 Å². The zero-order valence-corrected chi connectivity index (χ0v) is 15.9. The van der Waals surface area contributed by atoms with Gasteiger partial charge in [0.1, 0.15) is 46.2 Å². The molecule has 2 aromatic carbocycles. The fraction of sp³-hybridized carbons (Fsp3) is 0.333. The highest BCUT2D eigenvalue weighted by Gasteiger charge is 2.27. The Morgan fingerprint density at radius 1 is 1.07 bits per heavy atom. The van der Waals surface area contributed by atoms with Gasteiger partial charge in [-0.25, -0.2) is 22.4 Å². The summed E-state index contributed by atoms with van der Waals surface area (Å²) in [5.74, 6) is -6.97. The third-order valence-electron chi connectivity index (χ3n) is 4.54. The predicted molar refractivity (Wildman–Crippen MR) is 95.4 cm³/mol. The largest absolute Gasteiger partial charge is 0.423 e. The average molecular weight is 423 g/mol. The molecule has 5 nitrogen and oxygen atoms in total. The van der Waals surface area contributed by atoms with E-state index in [0.29, 0.717) is 25.3 Å². The van der Waals surface area contributed by atoms with Gasteiger partial charge in [-0.3, -0.25) is 0 Å². The maximum Gasteiger partial charge on any atom is 0.349 e. The molecule has 0 aliphatic carbocycles. The predicted octanol–water partition coefficient (Wildman–Crippen LogP) is 4.80. The molecular formula is C21H17F4NO4. The molecule has 1 heterocycles. The highest BCUT2D eigenvalue weighted by atomic mass is 19.1. The maximum absolute atomic E-state index is 14.5. The fourth-order valence-electron chi connectivity index (χ4n) is 3.11. The van der Waals surface area contributed by atoms with E-state index in [0.717, 1.165) is 25.0 Å². The van der Waals surface area contributed by atoms with Gasteiger partial charge in [0.05, 0.1) is 13.2 Å². The van der Waals surface area contributed by atoms with Crippen molar-refractivity contribution >= 4 is 5.97 Å². The Labute approximate surface area is 169 Å². The van der Waals surface area contributed by atoms with Crippen molar-refractivity contribution in [2.24, 2.45) is 5.92 Å². The van der Waals surface area contributed by atoms with E-state index in [1.54, 1.807) is 0 Å². The summed E-state index contributed by atoms with van der Waals surface area (Å²) in [5.41, 5.74) is -1.86. The number of carbonyl (C=O) groups excluding carboxylic acids is 1. The molecule has 9 heteroatoms. The zero-order valence-electron chi connectivity index (χ0n) is 15.9. The number of hydrogen-bond donors (Lipinski definition) is 0. The summed E-state index contributed by atoms with van der Waals surface area (Å²) >= 11 is 0. The molecule has 3 rings (SSSR count). The van der Waals surface area contributed by atoms with Crippen molar-refractivity contribution in [1.82, 2.24) is 0 Å². The smallest absolute Gasteiger partial charge is 0.349 e. The summed E-state index contributed by atoms with van der Waals surface area (Å²) in [6, 6.07) is 4.20. The van der Waals surface area contributed by atoms with Crippen LogP contribution >= 0.6 is 0 Å². The Morgan fingerprint density at radius 2 is 1.63 bits per heavy atom. The Morgan fingerprint density at radius 3 is 2.13 bits per heavy atom. The molecular weight excluding hydrogens is 406 g/mol. The summed E-state index contributed by atoms with van der Waals surface area (Å²) in [6.45, 7) is 2.78. The summed E-state index contributed by atoms with van der Waals surface area (Å²) in [5, 5.41) is 8.64. The lowest BCUT2D eigenvalue weighted by Gasteiger charge is -2.29. The van der Waals surface area contributed by atoms with Crippen LogP contribution in [0, 0.1) is 40.5 Å². The molecule has 1 aliphatic rings. The second-order valence-electron chi connectivity index (χ2n) is 6.78. The quantitative estimate of drug-likeness (QED) is 0.393. The van der Waals surface area contributed by atoms with Gasteiger partial charge < -0.3 is 14.2 Å². The van der Waals surface area contributed by atoms with Crippen molar-refractivity contribution in [2.45, 2.75) is 26.1 Å². The minimum atomic E-state index is -1.49. The van der Waals surface area contributed by atoms with Gasteiger partial charge in [0.2, 0.25) is 0 Å². The molecule has 0 N–H and O–H groups in total. The van der Waals surface area contributed by atoms with Gasteiger partial charge in [-0.1, -0.05) is 13.3 Å². The minimum Gasteiger partial charge on any atom is -0.423 e. The summed E-state index contributed by atoms with van der Waals surface area (Å²) < 4.78 is 71.8.